The molecule has 0 aliphatic heterocycles. The van der Waals surface area contributed by atoms with Crippen LogP contribution >= 0.6 is 11.8 Å². The highest BCUT2D eigenvalue weighted by Crippen LogP contribution is 2.51. The number of aromatic nitrogens is 1. The van der Waals surface area contributed by atoms with Crippen LogP contribution in [0.5, 0.6) is 11.5 Å². The van der Waals surface area contributed by atoms with Crippen molar-refractivity contribution in [1.82, 2.24) is 4.98 Å². The highest BCUT2D eigenvalue weighted by Gasteiger charge is 2.44. The molecule has 0 unspecified atom stereocenters. The van der Waals surface area contributed by atoms with E-state index in [1.165, 1.54) is 0 Å². The zero-order valence-corrected chi connectivity index (χ0v) is 12.5. The second kappa shape index (κ2) is 6.35. The third kappa shape index (κ3) is 3.56. The van der Waals surface area contributed by atoms with Gasteiger partial charge in [0.1, 0.15) is 0 Å². The molecule has 1 N–H and O–H groups in total. The molecule has 20 heavy (non-hydrogen) atoms. The quantitative estimate of drug-likeness (QED) is 0.795. The van der Waals surface area contributed by atoms with Gasteiger partial charge in [-0.15, -0.1) is 0 Å². The topological polar surface area (TPSA) is 68.7 Å². The molecule has 0 amide bonds. The third-order valence-corrected chi connectivity index (χ3v) is 4.79. The first-order valence-corrected chi connectivity index (χ1v) is 7.61. The summed E-state index contributed by atoms with van der Waals surface area (Å²) in [5.41, 5.74) is 0.839. The minimum absolute atomic E-state index is 0.00258. The first kappa shape index (κ1) is 15.0. The molecule has 2 rings (SSSR count). The highest BCUT2D eigenvalue weighted by molar-refractivity contribution is 7.98. The molecular formula is C14H19NO4S. The van der Waals surface area contributed by atoms with Crippen molar-refractivity contribution in [3.05, 3.63) is 18.0 Å². The monoisotopic (exact) mass is 297 g/mol. The van der Waals surface area contributed by atoms with Crippen molar-refractivity contribution in [2.24, 2.45) is 5.41 Å². The molecule has 0 spiro atoms. The summed E-state index contributed by atoms with van der Waals surface area (Å²) in [4.78, 5) is 15.1. The normalized spacial score (nSPS) is 15.7. The van der Waals surface area contributed by atoms with E-state index in [-0.39, 0.29) is 11.8 Å². The zero-order valence-electron chi connectivity index (χ0n) is 11.7. The first-order valence-electron chi connectivity index (χ1n) is 6.45. The SMILES string of the molecule is COc1ccnc(CSCC2(CC(=O)O)CC2)c1OC. The summed E-state index contributed by atoms with van der Waals surface area (Å²) < 4.78 is 10.6. The van der Waals surface area contributed by atoms with Gasteiger partial charge in [0, 0.05) is 18.0 Å². The summed E-state index contributed by atoms with van der Waals surface area (Å²) in [5, 5.41) is 8.90. The van der Waals surface area contributed by atoms with E-state index >= 15 is 0 Å². The lowest BCUT2D eigenvalue weighted by atomic mass is 10.1. The van der Waals surface area contributed by atoms with E-state index in [0.29, 0.717) is 17.3 Å². The van der Waals surface area contributed by atoms with Crippen molar-refractivity contribution >= 4 is 17.7 Å². The molecule has 0 saturated heterocycles. The van der Waals surface area contributed by atoms with Gasteiger partial charge in [0.25, 0.3) is 0 Å². The maximum absolute atomic E-state index is 10.8. The van der Waals surface area contributed by atoms with Crippen LogP contribution in [-0.2, 0) is 10.5 Å². The van der Waals surface area contributed by atoms with Crippen LogP contribution in [-0.4, -0.2) is 36.0 Å². The smallest absolute Gasteiger partial charge is 0.303 e. The van der Waals surface area contributed by atoms with Gasteiger partial charge in [-0.2, -0.15) is 11.8 Å². The highest BCUT2D eigenvalue weighted by atomic mass is 32.2. The van der Waals surface area contributed by atoms with Gasteiger partial charge in [-0.05, 0) is 24.0 Å². The molecule has 5 nitrogen and oxygen atoms in total. The summed E-state index contributed by atoms with van der Waals surface area (Å²) in [6.07, 6.45) is 3.98. The fraction of sp³-hybridized carbons (Fsp3) is 0.571. The van der Waals surface area contributed by atoms with Gasteiger partial charge >= 0.3 is 5.97 Å². The van der Waals surface area contributed by atoms with Crippen LogP contribution in [0.25, 0.3) is 0 Å². The third-order valence-electron chi connectivity index (χ3n) is 3.50. The molecular weight excluding hydrogens is 278 g/mol. The molecule has 1 fully saturated rings. The Morgan fingerprint density at radius 3 is 2.75 bits per heavy atom. The Kier molecular flexibility index (Phi) is 4.75. The number of carboxylic acids is 1. The lowest BCUT2D eigenvalue weighted by molar-refractivity contribution is -0.138. The number of pyridine rings is 1. The summed E-state index contributed by atoms with van der Waals surface area (Å²) in [6, 6.07) is 1.76. The first-order chi connectivity index (χ1) is 9.60. The number of methoxy groups -OCH3 is 2. The Balaban J connectivity index is 1.93. The van der Waals surface area contributed by atoms with E-state index in [9.17, 15) is 4.79 Å². The Labute approximate surface area is 122 Å². The van der Waals surface area contributed by atoms with Gasteiger partial charge in [0.15, 0.2) is 11.5 Å². The Hall–Kier alpha value is -1.43. The molecule has 0 bridgehead atoms. The van der Waals surface area contributed by atoms with Crippen LogP contribution in [0, 0.1) is 5.41 Å². The predicted octanol–water partition coefficient (Wildman–Crippen LogP) is 2.59. The molecule has 6 heteroatoms. The number of carboxylic acid groups (broad SMARTS) is 1. The largest absolute Gasteiger partial charge is 0.493 e. The number of rotatable bonds is 8. The fourth-order valence-corrected chi connectivity index (χ4v) is 3.51. The van der Waals surface area contributed by atoms with Crippen LogP contribution < -0.4 is 9.47 Å². The van der Waals surface area contributed by atoms with E-state index < -0.39 is 5.97 Å². The van der Waals surface area contributed by atoms with Crippen molar-refractivity contribution < 1.29 is 19.4 Å². The summed E-state index contributed by atoms with van der Waals surface area (Å²) in [6.45, 7) is 0. The number of hydrogen-bond donors (Lipinski definition) is 1. The Morgan fingerprint density at radius 1 is 1.45 bits per heavy atom. The average molecular weight is 297 g/mol. The lowest BCUT2D eigenvalue weighted by Gasteiger charge is -2.14. The summed E-state index contributed by atoms with van der Waals surface area (Å²) in [7, 11) is 3.20. The zero-order chi connectivity index (χ0) is 14.6. The second-order valence-corrected chi connectivity index (χ2v) is 6.04. The summed E-state index contributed by atoms with van der Waals surface area (Å²) in [5.74, 6) is 2.17. The van der Waals surface area contributed by atoms with Crippen LogP contribution in [0.15, 0.2) is 12.3 Å². The van der Waals surface area contributed by atoms with Gasteiger partial charge in [0.05, 0.1) is 26.3 Å². The molecule has 1 heterocycles. The van der Waals surface area contributed by atoms with Crippen LogP contribution in [0.2, 0.25) is 0 Å². The molecule has 1 aliphatic rings. The molecule has 0 radical (unpaired) electrons. The molecule has 1 saturated carbocycles. The maximum atomic E-state index is 10.8. The molecule has 1 aromatic rings. The van der Waals surface area contributed by atoms with E-state index in [0.717, 1.165) is 24.3 Å². The molecule has 110 valence electrons. The molecule has 1 aliphatic carbocycles. The lowest BCUT2D eigenvalue weighted by Crippen LogP contribution is -2.11. The number of hydrogen-bond acceptors (Lipinski definition) is 5. The van der Waals surface area contributed by atoms with Gasteiger partial charge in [-0.25, -0.2) is 0 Å². The molecule has 1 aromatic heterocycles. The minimum atomic E-state index is -0.708. The number of carbonyl (C=O) groups is 1. The Bertz CT molecular complexity index is 488. The van der Waals surface area contributed by atoms with Gasteiger partial charge in [0.2, 0.25) is 0 Å². The molecule has 0 atom stereocenters. The average Bonchev–Trinajstić information content (AvgIpc) is 3.17. The number of nitrogens with zero attached hydrogens (tertiary/aromatic N) is 1. The van der Waals surface area contributed by atoms with E-state index in [2.05, 4.69) is 4.98 Å². The van der Waals surface area contributed by atoms with Crippen molar-refractivity contribution in [2.45, 2.75) is 25.0 Å². The van der Waals surface area contributed by atoms with Gasteiger partial charge in [-0.1, -0.05) is 0 Å². The van der Waals surface area contributed by atoms with Gasteiger partial charge in [-0.3, -0.25) is 9.78 Å². The predicted molar refractivity (Wildman–Crippen MR) is 77.4 cm³/mol. The van der Waals surface area contributed by atoms with E-state index in [1.54, 1.807) is 38.2 Å². The van der Waals surface area contributed by atoms with Crippen LogP contribution in [0.4, 0.5) is 0 Å². The van der Waals surface area contributed by atoms with Crippen molar-refractivity contribution in [3.63, 3.8) is 0 Å². The maximum Gasteiger partial charge on any atom is 0.303 e. The van der Waals surface area contributed by atoms with Crippen LogP contribution in [0.1, 0.15) is 25.0 Å². The number of aliphatic carboxylic acids is 1. The van der Waals surface area contributed by atoms with Crippen LogP contribution in [0.3, 0.4) is 0 Å². The number of thioether (sulfide) groups is 1. The summed E-state index contributed by atoms with van der Waals surface area (Å²) >= 11 is 1.71. The minimum Gasteiger partial charge on any atom is -0.493 e. The van der Waals surface area contributed by atoms with Crippen molar-refractivity contribution in [2.75, 3.05) is 20.0 Å². The second-order valence-electron chi connectivity index (χ2n) is 5.06. The van der Waals surface area contributed by atoms with Gasteiger partial charge < -0.3 is 14.6 Å². The standard InChI is InChI=1S/C14H19NO4S/c1-18-11-3-6-15-10(13(11)19-2)8-20-9-14(4-5-14)7-12(16)17/h3,6H,4-5,7-9H2,1-2H3,(H,16,17). The van der Waals surface area contributed by atoms with Crippen molar-refractivity contribution in [3.8, 4) is 11.5 Å². The number of ether oxygens (including phenoxy) is 2. The van der Waals surface area contributed by atoms with E-state index in [1.807, 2.05) is 0 Å². The molecule has 0 aromatic carbocycles. The van der Waals surface area contributed by atoms with E-state index in [4.69, 9.17) is 14.6 Å². The van der Waals surface area contributed by atoms with Crippen molar-refractivity contribution in [1.29, 1.82) is 0 Å². The Morgan fingerprint density at radius 2 is 2.20 bits per heavy atom. The fourth-order valence-electron chi connectivity index (χ4n) is 2.19.